The Morgan fingerprint density at radius 2 is 2.27 bits per heavy atom. The molecule has 0 aliphatic rings. The van der Waals surface area contributed by atoms with Gasteiger partial charge in [0, 0.05) is 6.20 Å². The van der Waals surface area contributed by atoms with E-state index in [9.17, 15) is 4.79 Å². The molecule has 0 radical (unpaired) electrons. The molecular formula is C9H6Br2N2OS. The second-order valence-corrected chi connectivity index (χ2v) is 6.26. The van der Waals surface area contributed by atoms with Crippen molar-refractivity contribution in [3.63, 3.8) is 0 Å². The Labute approximate surface area is 107 Å². The van der Waals surface area contributed by atoms with Crippen molar-refractivity contribution in [1.29, 1.82) is 0 Å². The monoisotopic (exact) mass is 348 g/mol. The van der Waals surface area contributed by atoms with Gasteiger partial charge in [-0.15, -0.1) is 11.3 Å². The molecule has 3 nitrogen and oxygen atoms in total. The van der Waals surface area contributed by atoms with Crippen LogP contribution < -0.4 is 0 Å². The fourth-order valence-corrected chi connectivity index (χ4v) is 2.76. The highest BCUT2D eigenvalue weighted by molar-refractivity contribution is 9.11. The van der Waals surface area contributed by atoms with Gasteiger partial charge in [0.25, 0.3) is 0 Å². The van der Waals surface area contributed by atoms with E-state index in [2.05, 4.69) is 37.0 Å². The average Bonchev–Trinajstić information content (AvgIpc) is 2.75. The molecule has 0 saturated carbocycles. The molecule has 0 spiro atoms. The second kappa shape index (κ2) is 4.59. The zero-order chi connectivity index (χ0) is 10.8. The van der Waals surface area contributed by atoms with Gasteiger partial charge in [-0.3, -0.25) is 9.48 Å². The van der Waals surface area contributed by atoms with Crippen LogP contribution in [-0.4, -0.2) is 15.6 Å². The number of aromatic nitrogens is 2. The summed E-state index contributed by atoms with van der Waals surface area (Å²) in [7, 11) is 0. The fourth-order valence-electron chi connectivity index (χ4n) is 1.11. The lowest BCUT2D eigenvalue weighted by molar-refractivity contribution is 0.0971. The van der Waals surface area contributed by atoms with Crippen molar-refractivity contribution >= 4 is 49.0 Å². The number of nitrogens with zero attached hydrogens (tertiary/aromatic N) is 2. The highest BCUT2D eigenvalue weighted by atomic mass is 79.9. The van der Waals surface area contributed by atoms with Crippen molar-refractivity contribution in [1.82, 2.24) is 9.78 Å². The summed E-state index contributed by atoms with van der Waals surface area (Å²) in [5.41, 5.74) is 0. The second-order valence-electron chi connectivity index (χ2n) is 2.88. The van der Waals surface area contributed by atoms with Crippen LogP contribution >= 0.6 is 43.2 Å². The lowest BCUT2D eigenvalue weighted by atomic mass is 10.3. The van der Waals surface area contributed by atoms with Crippen LogP contribution in [0, 0.1) is 0 Å². The number of thiophene rings is 1. The van der Waals surface area contributed by atoms with Crippen LogP contribution in [0.2, 0.25) is 0 Å². The first-order valence-corrected chi connectivity index (χ1v) is 6.52. The van der Waals surface area contributed by atoms with E-state index < -0.39 is 0 Å². The summed E-state index contributed by atoms with van der Waals surface area (Å²) in [6.45, 7) is 0.276. The number of carbonyl (C=O) groups is 1. The third-order valence-corrected chi connectivity index (χ3v) is 3.83. The molecule has 0 aromatic carbocycles. The van der Waals surface area contributed by atoms with Crippen molar-refractivity contribution in [2.45, 2.75) is 6.54 Å². The van der Waals surface area contributed by atoms with Crippen LogP contribution in [0.4, 0.5) is 0 Å². The molecule has 2 aromatic heterocycles. The highest BCUT2D eigenvalue weighted by Gasteiger charge is 2.09. The van der Waals surface area contributed by atoms with Crippen molar-refractivity contribution in [2.24, 2.45) is 0 Å². The number of Topliss-reactive ketones (excluding diaryl/α,β-unsaturated/α-hetero) is 1. The molecule has 0 unspecified atom stereocenters. The van der Waals surface area contributed by atoms with E-state index in [4.69, 9.17) is 0 Å². The topological polar surface area (TPSA) is 34.9 Å². The number of hydrogen-bond acceptors (Lipinski definition) is 3. The Morgan fingerprint density at radius 1 is 1.47 bits per heavy atom. The van der Waals surface area contributed by atoms with Gasteiger partial charge in [-0.1, -0.05) is 0 Å². The zero-order valence-electron chi connectivity index (χ0n) is 7.48. The van der Waals surface area contributed by atoms with Gasteiger partial charge in [-0.05, 0) is 44.0 Å². The molecule has 0 aliphatic heterocycles. The first-order chi connectivity index (χ1) is 7.15. The molecule has 0 amide bonds. The Morgan fingerprint density at radius 3 is 2.80 bits per heavy atom. The van der Waals surface area contributed by atoms with Gasteiger partial charge in [0.05, 0.1) is 19.3 Å². The summed E-state index contributed by atoms with van der Waals surface area (Å²) < 4.78 is 3.45. The zero-order valence-corrected chi connectivity index (χ0v) is 11.5. The first kappa shape index (κ1) is 11.0. The molecule has 15 heavy (non-hydrogen) atoms. The predicted octanol–water partition coefficient (Wildman–Crippen LogP) is 3.35. The van der Waals surface area contributed by atoms with E-state index in [0.29, 0.717) is 0 Å². The fraction of sp³-hybridized carbons (Fsp3) is 0.111. The smallest absolute Gasteiger partial charge is 0.194 e. The van der Waals surface area contributed by atoms with Gasteiger partial charge >= 0.3 is 0 Å². The number of hydrogen-bond donors (Lipinski definition) is 0. The molecule has 0 aliphatic carbocycles. The maximum atomic E-state index is 11.8. The molecule has 0 saturated heterocycles. The van der Waals surface area contributed by atoms with Crippen LogP contribution in [0.1, 0.15) is 9.67 Å². The van der Waals surface area contributed by atoms with Crippen molar-refractivity contribution in [3.05, 3.63) is 37.7 Å². The molecule has 78 valence electrons. The SMILES string of the molecule is O=C(Cn1cc(Br)cn1)c1ccc(Br)s1. The summed E-state index contributed by atoms with van der Waals surface area (Å²) in [6, 6.07) is 3.69. The van der Waals surface area contributed by atoms with E-state index in [1.54, 1.807) is 17.1 Å². The molecule has 2 rings (SSSR count). The molecule has 0 fully saturated rings. The molecule has 0 N–H and O–H groups in total. The Bertz CT molecular complexity index is 492. The van der Waals surface area contributed by atoms with Gasteiger partial charge in [-0.25, -0.2) is 0 Å². The van der Waals surface area contributed by atoms with E-state index in [1.165, 1.54) is 11.3 Å². The van der Waals surface area contributed by atoms with Crippen LogP contribution in [-0.2, 0) is 6.54 Å². The average molecular weight is 350 g/mol. The Kier molecular flexibility index (Phi) is 3.38. The Balaban J connectivity index is 2.10. The van der Waals surface area contributed by atoms with Crippen molar-refractivity contribution in [2.75, 3.05) is 0 Å². The standard InChI is InChI=1S/C9H6Br2N2OS/c10-6-3-12-13(4-6)5-7(14)8-1-2-9(11)15-8/h1-4H,5H2. The minimum Gasteiger partial charge on any atom is -0.291 e. The Hall–Kier alpha value is -0.460. The summed E-state index contributed by atoms with van der Waals surface area (Å²) in [5, 5.41) is 4.03. The summed E-state index contributed by atoms with van der Waals surface area (Å²) >= 11 is 8.05. The van der Waals surface area contributed by atoms with Gasteiger partial charge in [-0.2, -0.15) is 5.10 Å². The van der Waals surface area contributed by atoms with Gasteiger partial charge in [0.1, 0.15) is 6.54 Å². The van der Waals surface area contributed by atoms with E-state index in [1.807, 2.05) is 12.1 Å². The maximum absolute atomic E-state index is 11.8. The van der Waals surface area contributed by atoms with Crippen LogP contribution in [0.15, 0.2) is 32.8 Å². The van der Waals surface area contributed by atoms with Gasteiger partial charge in [0.2, 0.25) is 0 Å². The van der Waals surface area contributed by atoms with Crippen LogP contribution in [0.3, 0.4) is 0 Å². The minimum atomic E-state index is 0.0706. The third-order valence-electron chi connectivity index (χ3n) is 1.76. The lowest BCUT2D eigenvalue weighted by Gasteiger charge is -1.97. The quantitative estimate of drug-likeness (QED) is 0.796. The van der Waals surface area contributed by atoms with E-state index in [-0.39, 0.29) is 12.3 Å². The molecule has 2 heterocycles. The predicted molar refractivity (Wildman–Crippen MR) is 66.3 cm³/mol. The molecule has 2 aromatic rings. The van der Waals surface area contributed by atoms with E-state index in [0.717, 1.165) is 13.1 Å². The number of carbonyl (C=O) groups excluding carboxylic acids is 1. The number of rotatable bonds is 3. The van der Waals surface area contributed by atoms with Crippen LogP contribution in [0.5, 0.6) is 0 Å². The third kappa shape index (κ3) is 2.76. The van der Waals surface area contributed by atoms with Gasteiger partial charge < -0.3 is 0 Å². The first-order valence-electron chi connectivity index (χ1n) is 4.11. The van der Waals surface area contributed by atoms with Gasteiger partial charge in [0.15, 0.2) is 5.78 Å². The maximum Gasteiger partial charge on any atom is 0.194 e. The molecule has 0 atom stereocenters. The summed E-state index contributed by atoms with van der Waals surface area (Å²) in [6.07, 6.45) is 3.44. The molecule has 6 heteroatoms. The largest absolute Gasteiger partial charge is 0.291 e. The number of halogens is 2. The van der Waals surface area contributed by atoms with E-state index >= 15 is 0 Å². The minimum absolute atomic E-state index is 0.0706. The highest BCUT2D eigenvalue weighted by Crippen LogP contribution is 2.22. The van der Waals surface area contributed by atoms with Crippen molar-refractivity contribution in [3.8, 4) is 0 Å². The normalized spacial score (nSPS) is 10.5. The number of ketones is 1. The van der Waals surface area contributed by atoms with Crippen molar-refractivity contribution < 1.29 is 4.79 Å². The lowest BCUT2D eigenvalue weighted by Crippen LogP contribution is -2.09. The summed E-state index contributed by atoms with van der Waals surface area (Å²) in [4.78, 5) is 12.5. The summed E-state index contributed by atoms with van der Waals surface area (Å²) in [5.74, 6) is 0.0706. The molecular weight excluding hydrogens is 344 g/mol. The molecule has 0 bridgehead atoms. The van der Waals surface area contributed by atoms with Crippen LogP contribution in [0.25, 0.3) is 0 Å².